The van der Waals surface area contributed by atoms with Crippen LogP contribution in [0.4, 0.5) is 0 Å². The number of hydrogen-bond donors (Lipinski definition) is 1. The molecular weight excluding hydrogens is 280 g/mol. The normalized spacial score (nSPS) is 12.3. The van der Waals surface area contributed by atoms with Crippen molar-refractivity contribution in [1.29, 1.82) is 0 Å². The van der Waals surface area contributed by atoms with Gasteiger partial charge in [0.05, 0.1) is 13.2 Å². The molecule has 0 aromatic carbocycles. The van der Waals surface area contributed by atoms with E-state index in [4.69, 9.17) is 9.29 Å². The van der Waals surface area contributed by atoms with Crippen LogP contribution in [0.1, 0.15) is 58.3 Å². The molecule has 6 heteroatoms. The van der Waals surface area contributed by atoms with Crippen LogP contribution in [-0.2, 0) is 19.3 Å². The molecule has 0 radical (unpaired) electrons. The lowest BCUT2D eigenvalue weighted by Crippen LogP contribution is -2.10. The van der Waals surface area contributed by atoms with Crippen molar-refractivity contribution in [1.82, 2.24) is 0 Å². The molecule has 0 atom stereocenters. The van der Waals surface area contributed by atoms with Gasteiger partial charge in [0.15, 0.2) is 0 Å². The largest absolute Gasteiger partial charge is 0.397 e. The molecule has 0 aromatic rings. The monoisotopic (exact) mass is 308 g/mol. The summed E-state index contributed by atoms with van der Waals surface area (Å²) in [6.07, 6.45) is 13.9. The highest BCUT2D eigenvalue weighted by molar-refractivity contribution is 7.80. The first-order chi connectivity index (χ1) is 9.56. The van der Waals surface area contributed by atoms with Gasteiger partial charge in [0, 0.05) is 6.61 Å². The Balaban J connectivity index is 3.08. The highest BCUT2D eigenvalue weighted by Gasteiger charge is 2.02. The Kier molecular flexibility index (Phi) is 13.3. The summed E-state index contributed by atoms with van der Waals surface area (Å²) in [4.78, 5) is 0. The topological polar surface area (TPSA) is 72.8 Å². The Hall–Kier alpha value is -0.430. The van der Waals surface area contributed by atoms with E-state index >= 15 is 0 Å². The summed E-state index contributed by atoms with van der Waals surface area (Å²) in [6, 6.07) is 0. The highest BCUT2D eigenvalue weighted by Crippen LogP contribution is 2.07. The second kappa shape index (κ2) is 13.5. The molecule has 0 rings (SSSR count). The number of allylic oxidation sites excluding steroid dienone is 2. The molecule has 0 aliphatic rings. The van der Waals surface area contributed by atoms with Gasteiger partial charge in [-0.3, -0.25) is 4.55 Å². The lowest BCUT2D eigenvalue weighted by Gasteiger charge is -2.04. The van der Waals surface area contributed by atoms with E-state index in [-0.39, 0.29) is 13.2 Å². The molecule has 0 saturated carbocycles. The number of rotatable bonds is 14. The maximum atomic E-state index is 10.2. The second-order valence-electron chi connectivity index (χ2n) is 4.65. The third-order valence-electron chi connectivity index (χ3n) is 2.77. The fourth-order valence-electron chi connectivity index (χ4n) is 1.76. The molecule has 0 amide bonds. The molecular formula is C14H28O5S. The number of ether oxygens (including phenoxy) is 1. The minimum Gasteiger partial charge on any atom is -0.379 e. The third-order valence-corrected chi connectivity index (χ3v) is 3.24. The fraction of sp³-hybridized carbons (Fsp3) is 0.857. The zero-order valence-corrected chi connectivity index (χ0v) is 13.2. The first kappa shape index (κ1) is 19.6. The smallest absolute Gasteiger partial charge is 0.379 e. The molecule has 0 saturated heterocycles. The first-order valence-corrected chi connectivity index (χ1v) is 8.77. The molecule has 1 N–H and O–H groups in total. The van der Waals surface area contributed by atoms with Crippen LogP contribution >= 0.6 is 0 Å². The zero-order valence-electron chi connectivity index (χ0n) is 12.4. The van der Waals surface area contributed by atoms with Gasteiger partial charge in [-0.05, 0) is 25.7 Å². The Morgan fingerprint density at radius 2 is 1.55 bits per heavy atom. The minimum atomic E-state index is -4.33. The van der Waals surface area contributed by atoms with Gasteiger partial charge in [-0.2, -0.15) is 8.42 Å². The summed E-state index contributed by atoms with van der Waals surface area (Å²) in [7, 11) is -4.33. The van der Waals surface area contributed by atoms with E-state index in [0.717, 1.165) is 19.3 Å². The zero-order chi connectivity index (χ0) is 15.1. The molecule has 0 fully saturated rings. The number of hydrogen-bond acceptors (Lipinski definition) is 4. The van der Waals surface area contributed by atoms with Gasteiger partial charge >= 0.3 is 10.4 Å². The quantitative estimate of drug-likeness (QED) is 0.302. The van der Waals surface area contributed by atoms with Crippen LogP contribution in [0.15, 0.2) is 12.2 Å². The van der Waals surface area contributed by atoms with Crippen LogP contribution in [0.25, 0.3) is 0 Å². The highest BCUT2D eigenvalue weighted by atomic mass is 32.3. The summed E-state index contributed by atoms with van der Waals surface area (Å²) < 4.78 is 38.1. The van der Waals surface area contributed by atoms with Crippen LogP contribution in [0.2, 0.25) is 0 Å². The van der Waals surface area contributed by atoms with Gasteiger partial charge in [0.1, 0.15) is 0 Å². The minimum absolute atomic E-state index is 0.135. The molecule has 0 aromatic heterocycles. The molecule has 20 heavy (non-hydrogen) atoms. The predicted octanol–water partition coefficient (Wildman–Crippen LogP) is 3.52. The van der Waals surface area contributed by atoms with Crippen LogP contribution < -0.4 is 0 Å². The van der Waals surface area contributed by atoms with Gasteiger partial charge in [0.25, 0.3) is 0 Å². The Labute approximate surface area is 123 Å². The van der Waals surface area contributed by atoms with Crippen LogP contribution in [0.5, 0.6) is 0 Å². The average molecular weight is 308 g/mol. The van der Waals surface area contributed by atoms with E-state index in [9.17, 15) is 8.42 Å². The van der Waals surface area contributed by atoms with Crippen molar-refractivity contribution in [3.8, 4) is 0 Å². The first-order valence-electron chi connectivity index (χ1n) is 7.41. The lowest BCUT2D eigenvalue weighted by molar-refractivity contribution is 0.0945. The van der Waals surface area contributed by atoms with Gasteiger partial charge in [-0.25, -0.2) is 4.18 Å². The second-order valence-corrected chi connectivity index (χ2v) is 5.74. The number of unbranched alkanes of at least 4 members (excludes halogenated alkanes) is 6. The summed E-state index contributed by atoms with van der Waals surface area (Å²) >= 11 is 0. The van der Waals surface area contributed by atoms with E-state index in [1.54, 1.807) is 0 Å². The van der Waals surface area contributed by atoms with E-state index in [1.165, 1.54) is 32.1 Å². The van der Waals surface area contributed by atoms with E-state index in [0.29, 0.717) is 6.61 Å². The fourth-order valence-corrected chi connectivity index (χ4v) is 2.04. The molecule has 0 spiro atoms. The maximum Gasteiger partial charge on any atom is 0.397 e. The summed E-state index contributed by atoms with van der Waals surface area (Å²) in [5.74, 6) is 0. The molecule has 0 bridgehead atoms. The molecule has 0 heterocycles. The van der Waals surface area contributed by atoms with Crippen molar-refractivity contribution >= 4 is 10.4 Å². The molecule has 120 valence electrons. The van der Waals surface area contributed by atoms with Crippen molar-refractivity contribution < 1.29 is 21.9 Å². The van der Waals surface area contributed by atoms with Gasteiger partial charge in [-0.1, -0.05) is 44.8 Å². The Bertz CT molecular complexity index is 324. The SMILES string of the molecule is CC/C=C/CCCCCCCCOCCOS(=O)(=O)O. The molecule has 5 nitrogen and oxygen atoms in total. The Morgan fingerprint density at radius 1 is 0.900 bits per heavy atom. The summed E-state index contributed by atoms with van der Waals surface area (Å²) in [6.45, 7) is 2.80. The summed E-state index contributed by atoms with van der Waals surface area (Å²) in [5, 5.41) is 0. The van der Waals surface area contributed by atoms with Gasteiger partial charge in [0.2, 0.25) is 0 Å². The molecule has 0 aliphatic carbocycles. The van der Waals surface area contributed by atoms with Crippen molar-refractivity contribution in [2.45, 2.75) is 58.3 Å². The van der Waals surface area contributed by atoms with Crippen molar-refractivity contribution in [2.24, 2.45) is 0 Å². The molecule has 0 unspecified atom stereocenters. The lowest BCUT2D eigenvalue weighted by atomic mass is 10.1. The van der Waals surface area contributed by atoms with Crippen molar-refractivity contribution in [2.75, 3.05) is 19.8 Å². The van der Waals surface area contributed by atoms with Gasteiger partial charge in [-0.15, -0.1) is 0 Å². The third kappa shape index (κ3) is 17.6. The predicted molar refractivity (Wildman–Crippen MR) is 80.1 cm³/mol. The van der Waals surface area contributed by atoms with Crippen LogP contribution in [-0.4, -0.2) is 32.8 Å². The average Bonchev–Trinajstić information content (AvgIpc) is 2.38. The maximum absolute atomic E-state index is 10.2. The molecule has 0 aliphatic heterocycles. The van der Waals surface area contributed by atoms with E-state index < -0.39 is 10.4 Å². The Morgan fingerprint density at radius 3 is 2.20 bits per heavy atom. The van der Waals surface area contributed by atoms with Crippen molar-refractivity contribution in [3.63, 3.8) is 0 Å². The van der Waals surface area contributed by atoms with Crippen molar-refractivity contribution in [3.05, 3.63) is 12.2 Å². The standard InChI is InChI=1S/C14H28O5S/c1-2-3-4-5-6-7-8-9-10-11-12-18-13-14-19-20(15,16)17/h3-4H,2,5-14H2,1H3,(H,15,16,17)/b4-3+. The van der Waals surface area contributed by atoms with Crippen LogP contribution in [0, 0.1) is 0 Å². The van der Waals surface area contributed by atoms with E-state index in [2.05, 4.69) is 23.3 Å². The summed E-state index contributed by atoms with van der Waals surface area (Å²) in [5.41, 5.74) is 0. The van der Waals surface area contributed by atoms with E-state index in [1.807, 2.05) is 0 Å². The van der Waals surface area contributed by atoms with Gasteiger partial charge < -0.3 is 4.74 Å². The van der Waals surface area contributed by atoms with Crippen LogP contribution in [0.3, 0.4) is 0 Å².